The van der Waals surface area contributed by atoms with E-state index in [9.17, 15) is 9.59 Å². The molecule has 0 atom stereocenters. The maximum atomic E-state index is 13.2. The lowest BCUT2D eigenvalue weighted by molar-refractivity contribution is -0.111. The van der Waals surface area contributed by atoms with Crippen molar-refractivity contribution >= 4 is 45.7 Å². The Morgan fingerprint density at radius 3 is 2.49 bits per heavy atom. The van der Waals surface area contributed by atoms with Gasteiger partial charge in [-0.25, -0.2) is 9.97 Å². The lowest BCUT2D eigenvalue weighted by Gasteiger charge is -2.15. The predicted molar refractivity (Wildman–Crippen MR) is 141 cm³/mol. The van der Waals surface area contributed by atoms with Crippen molar-refractivity contribution in [3.63, 3.8) is 0 Å². The van der Waals surface area contributed by atoms with E-state index in [-0.39, 0.29) is 21.4 Å². The van der Waals surface area contributed by atoms with E-state index in [4.69, 9.17) is 37.4 Å². The number of aromatic amines is 1. The highest BCUT2D eigenvalue weighted by molar-refractivity contribution is 6.41. The van der Waals surface area contributed by atoms with E-state index >= 15 is 0 Å². The molecule has 0 aliphatic carbocycles. The molecule has 0 saturated heterocycles. The summed E-state index contributed by atoms with van der Waals surface area (Å²) in [6.07, 6.45) is 4.09. The van der Waals surface area contributed by atoms with Crippen molar-refractivity contribution in [3.05, 3.63) is 57.6 Å². The number of pyridine rings is 1. The smallest absolute Gasteiger partial charge is 0.275 e. The Hall–Kier alpha value is -3.93. The molecule has 4 rings (SSSR count). The molecule has 0 unspecified atom stereocenters. The summed E-state index contributed by atoms with van der Waals surface area (Å²) < 4.78 is 17.4. The molecule has 0 radical (unpaired) electrons. The number of aromatic nitrogens is 5. The van der Waals surface area contributed by atoms with Crippen LogP contribution in [0.1, 0.15) is 0 Å². The second-order valence-corrected chi connectivity index (χ2v) is 8.37. The molecule has 4 aromatic rings. The zero-order valence-electron chi connectivity index (χ0n) is 20.1. The Kier molecular flexibility index (Phi) is 7.77. The van der Waals surface area contributed by atoms with Gasteiger partial charge in [0.2, 0.25) is 5.91 Å². The molecular weight excluding hydrogens is 523 g/mol. The molecule has 13 heteroatoms. The van der Waals surface area contributed by atoms with Gasteiger partial charge in [0.1, 0.15) is 22.7 Å². The van der Waals surface area contributed by atoms with Gasteiger partial charge in [0.15, 0.2) is 5.82 Å². The van der Waals surface area contributed by atoms with Gasteiger partial charge < -0.3 is 24.5 Å². The number of amides is 1. The van der Waals surface area contributed by atoms with Gasteiger partial charge in [0.25, 0.3) is 5.56 Å². The highest BCUT2D eigenvalue weighted by Crippen LogP contribution is 2.45. The first kappa shape index (κ1) is 26.1. The summed E-state index contributed by atoms with van der Waals surface area (Å²) in [5, 5.41) is 7.80. The summed E-state index contributed by atoms with van der Waals surface area (Å²) in [5.41, 5.74) is 1.01. The largest absolute Gasteiger partial charge is 0.495 e. The van der Waals surface area contributed by atoms with Crippen LogP contribution in [0.2, 0.25) is 10.0 Å². The van der Waals surface area contributed by atoms with Crippen LogP contribution in [0, 0.1) is 0 Å². The first-order valence-electron chi connectivity index (χ1n) is 10.8. The Morgan fingerprint density at radius 2 is 1.86 bits per heavy atom. The summed E-state index contributed by atoms with van der Waals surface area (Å²) in [7, 11) is 4.48. The lowest BCUT2D eigenvalue weighted by atomic mass is 10.1. The maximum absolute atomic E-state index is 13.2. The van der Waals surface area contributed by atoms with Gasteiger partial charge in [0, 0.05) is 30.3 Å². The minimum absolute atomic E-state index is 0.108. The molecule has 0 fully saturated rings. The van der Waals surface area contributed by atoms with Gasteiger partial charge in [-0.2, -0.15) is 5.10 Å². The van der Waals surface area contributed by atoms with Gasteiger partial charge >= 0.3 is 0 Å². The van der Waals surface area contributed by atoms with Crippen LogP contribution in [0.15, 0.2) is 42.0 Å². The summed E-state index contributed by atoms with van der Waals surface area (Å²) in [6, 6.07) is 3.20. The second-order valence-electron chi connectivity index (χ2n) is 7.61. The van der Waals surface area contributed by atoms with Crippen molar-refractivity contribution in [2.24, 2.45) is 0 Å². The molecule has 0 saturated carbocycles. The molecule has 3 aromatic heterocycles. The summed E-state index contributed by atoms with van der Waals surface area (Å²) >= 11 is 13.0. The van der Waals surface area contributed by atoms with Crippen molar-refractivity contribution in [3.8, 4) is 34.3 Å². The van der Waals surface area contributed by atoms with Gasteiger partial charge in [-0.05, 0) is 12.1 Å². The molecule has 0 spiro atoms. The van der Waals surface area contributed by atoms with Crippen LogP contribution in [0.4, 0.5) is 5.69 Å². The van der Waals surface area contributed by atoms with E-state index in [1.165, 1.54) is 26.6 Å². The molecule has 11 nitrogen and oxygen atoms in total. The van der Waals surface area contributed by atoms with Gasteiger partial charge in [-0.1, -0.05) is 29.8 Å². The molecule has 3 heterocycles. The van der Waals surface area contributed by atoms with Crippen LogP contribution >= 0.6 is 23.2 Å². The van der Waals surface area contributed by atoms with Crippen molar-refractivity contribution < 1.29 is 19.0 Å². The molecule has 0 aliphatic rings. The first-order chi connectivity index (χ1) is 17.8. The number of carbonyl (C=O) groups is 1. The normalized spacial score (nSPS) is 10.9. The number of nitrogens with one attached hydrogen (secondary N) is 2. The van der Waals surface area contributed by atoms with Gasteiger partial charge in [-0.15, -0.1) is 0 Å². The Balaban J connectivity index is 1.87. The van der Waals surface area contributed by atoms with Crippen molar-refractivity contribution in [1.82, 2.24) is 24.7 Å². The van der Waals surface area contributed by atoms with Crippen LogP contribution in [0.5, 0.6) is 11.5 Å². The molecular formula is C24H22Cl2N6O5. The highest BCUT2D eigenvalue weighted by atomic mass is 35.5. The predicted octanol–water partition coefficient (Wildman–Crippen LogP) is 3.94. The maximum Gasteiger partial charge on any atom is 0.275 e. The van der Waals surface area contributed by atoms with Crippen molar-refractivity contribution in [1.29, 1.82) is 0 Å². The van der Waals surface area contributed by atoms with Crippen LogP contribution in [0.3, 0.4) is 0 Å². The number of ether oxygens (including phenoxy) is 3. The number of anilines is 1. The number of benzene rings is 1. The van der Waals surface area contributed by atoms with Gasteiger partial charge in [-0.3, -0.25) is 14.3 Å². The number of carbonyl (C=O) groups excluding carboxylic acids is 1. The average molecular weight is 545 g/mol. The SMILES string of the molecule is C=CC(=O)Nc1cnn(CCOC)c1-c1ncc2cc(-c3c(Cl)c(OC)cc(OC)c3Cl)[nH]c(=O)c2n1. The number of rotatable bonds is 9. The lowest BCUT2D eigenvalue weighted by Crippen LogP contribution is -2.14. The minimum atomic E-state index is -0.510. The fourth-order valence-corrected chi connectivity index (χ4v) is 4.37. The molecule has 0 bridgehead atoms. The zero-order chi connectivity index (χ0) is 26.7. The second kappa shape index (κ2) is 11.0. The fraction of sp³-hybridized carbons (Fsp3) is 0.208. The number of halogens is 2. The Labute approximate surface area is 221 Å². The molecule has 0 aliphatic heterocycles. The zero-order valence-corrected chi connectivity index (χ0v) is 21.6. The van der Waals surface area contributed by atoms with Crippen molar-refractivity contribution in [2.45, 2.75) is 6.54 Å². The number of methoxy groups -OCH3 is 3. The molecule has 1 aromatic carbocycles. The first-order valence-corrected chi connectivity index (χ1v) is 11.6. The van der Waals surface area contributed by atoms with Gasteiger partial charge in [0.05, 0.1) is 55.0 Å². The van der Waals surface area contributed by atoms with E-state index < -0.39 is 11.5 Å². The third-order valence-corrected chi connectivity index (χ3v) is 6.18. The number of H-pyrrole nitrogens is 1. The standard InChI is InChI=1S/C24H22Cl2N6O5/c1-5-17(33)29-14-11-28-32(6-7-35-2)22(14)23-27-10-12-8-13(30-24(34)21(12)31-23)18-19(25)15(36-3)9-16(37-4)20(18)26/h5,8-11H,1,6-7H2,2-4H3,(H,29,33)(H,30,34). The van der Waals surface area contributed by atoms with Crippen molar-refractivity contribution in [2.75, 3.05) is 33.3 Å². The Morgan fingerprint density at radius 1 is 1.16 bits per heavy atom. The fourth-order valence-electron chi connectivity index (χ4n) is 3.67. The highest BCUT2D eigenvalue weighted by Gasteiger charge is 2.22. The van der Waals surface area contributed by atoms with E-state index in [0.717, 1.165) is 6.08 Å². The molecule has 1 amide bonds. The number of hydrogen-bond acceptors (Lipinski definition) is 8. The number of fused-ring (bicyclic) bond motifs is 1. The summed E-state index contributed by atoms with van der Waals surface area (Å²) in [5.74, 6) is 0.392. The van der Waals surface area contributed by atoms with Crippen LogP contribution in [-0.2, 0) is 16.1 Å². The monoisotopic (exact) mass is 544 g/mol. The van der Waals surface area contributed by atoms with Crippen LogP contribution in [0.25, 0.3) is 33.7 Å². The third kappa shape index (κ3) is 5.01. The van der Waals surface area contributed by atoms with E-state index in [2.05, 4.69) is 31.9 Å². The molecule has 192 valence electrons. The van der Waals surface area contributed by atoms with Crippen LogP contribution in [-0.4, -0.2) is 58.6 Å². The van der Waals surface area contributed by atoms with Crippen LogP contribution < -0.4 is 20.3 Å². The van der Waals surface area contributed by atoms with E-state index in [1.807, 2.05) is 0 Å². The minimum Gasteiger partial charge on any atom is -0.495 e. The number of nitrogens with zero attached hydrogens (tertiary/aromatic N) is 4. The molecule has 37 heavy (non-hydrogen) atoms. The van der Waals surface area contributed by atoms with E-state index in [1.54, 1.807) is 23.9 Å². The summed E-state index contributed by atoms with van der Waals surface area (Å²) in [6.45, 7) is 4.18. The summed E-state index contributed by atoms with van der Waals surface area (Å²) in [4.78, 5) is 36.8. The quantitative estimate of drug-likeness (QED) is 0.302. The Bertz CT molecular complexity index is 1540. The topological polar surface area (TPSA) is 133 Å². The number of hydrogen-bond donors (Lipinski definition) is 2. The van der Waals surface area contributed by atoms with E-state index in [0.29, 0.717) is 52.7 Å². The third-order valence-electron chi connectivity index (χ3n) is 5.42. The molecule has 2 N–H and O–H groups in total. The average Bonchev–Trinajstić information content (AvgIpc) is 3.29.